The molecule has 0 fully saturated rings. The summed E-state index contributed by atoms with van der Waals surface area (Å²) < 4.78 is 69.3. The lowest BCUT2D eigenvalue weighted by Gasteiger charge is -2.32. The number of benzene rings is 3. The van der Waals surface area contributed by atoms with Crippen LogP contribution in [0, 0.1) is 6.92 Å². The molecule has 0 aliphatic rings. The van der Waals surface area contributed by atoms with Crippen LogP contribution in [0.25, 0.3) is 0 Å². The van der Waals surface area contributed by atoms with Crippen LogP contribution in [-0.2, 0) is 32.3 Å². The van der Waals surface area contributed by atoms with E-state index in [2.05, 4.69) is 5.32 Å². The summed E-state index contributed by atoms with van der Waals surface area (Å²) in [4.78, 5) is 27.5. The van der Waals surface area contributed by atoms with Crippen LogP contribution in [-0.4, -0.2) is 44.3 Å². The Morgan fingerprint density at radius 3 is 2.24 bits per heavy atom. The Morgan fingerprint density at radius 1 is 1.00 bits per heavy atom. The molecule has 7 nitrogen and oxygen atoms in total. The molecular weight excluding hydrogens is 602 g/mol. The van der Waals surface area contributed by atoms with Crippen LogP contribution in [0.3, 0.4) is 0 Å². The zero-order chi connectivity index (χ0) is 30.5. The van der Waals surface area contributed by atoms with Gasteiger partial charge in [0.05, 0.1) is 21.2 Å². The molecule has 0 saturated carbocycles. The first kappa shape index (κ1) is 32.2. The summed E-state index contributed by atoms with van der Waals surface area (Å²) in [6, 6.07) is 13.7. The molecule has 0 unspecified atom stereocenters. The van der Waals surface area contributed by atoms with E-state index in [0.717, 1.165) is 22.6 Å². The number of halogens is 5. The van der Waals surface area contributed by atoms with Crippen molar-refractivity contribution >= 4 is 50.7 Å². The van der Waals surface area contributed by atoms with Crippen molar-refractivity contribution in [2.45, 2.75) is 44.4 Å². The first-order chi connectivity index (χ1) is 19.1. The minimum absolute atomic E-state index is 0.121. The minimum atomic E-state index is -4.89. The number of amides is 2. The van der Waals surface area contributed by atoms with Crippen LogP contribution >= 0.6 is 23.2 Å². The summed E-state index contributed by atoms with van der Waals surface area (Å²) >= 11 is 11.9. The monoisotopic (exact) mass is 629 g/mol. The quantitative estimate of drug-likeness (QED) is 0.295. The average Bonchev–Trinajstić information content (AvgIpc) is 2.90. The van der Waals surface area contributed by atoms with E-state index in [0.29, 0.717) is 21.0 Å². The van der Waals surface area contributed by atoms with Crippen molar-refractivity contribution in [3.8, 4) is 0 Å². The van der Waals surface area contributed by atoms with E-state index in [-0.39, 0.29) is 18.0 Å². The Labute approximate surface area is 246 Å². The summed E-state index contributed by atoms with van der Waals surface area (Å²) in [5.74, 6) is -1.33. The Bertz CT molecular complexity index is 1520. The van der Waals surface area contributed by atoms with Gasteiger partial charge < -0.3 is 10.2 Å². The number of sulfonamides is 1. The molecule has 41 heavy (non-hydrogen) atoms. The largest absolute Gasteiger partial charge is 0.417 e. The maximum Gasteiger partial charge on any atom is 0.417 e. The van der Waals surface area contributed by atoms with E-state index in [1.807, 2.05) is 0 Å². The highest BCUT2D eigenvalue weighted by molar-refractivity contribution is 7.92. The molecule has 220 valence electrons. The molecule has 1 N–H and O–H groups in total. The number of likely N-dealkylation sites (N-methyl/N-ethyl adjacent to an activating group) is 1. The second-order valence-electron chi connectivity index (χ2n) is 9.21. The van der Waals surface area contributed by atoms with Gasteiger partial charge in [0, 0.05) is 18.1 Å². The van der Waals surface area contributed by atoms with E-state index >= 15 is 0 Å². The van der Waals surface area contributed by atoms with Gasteiger partial charge in [-0.2, -0.15) is 13.2 Å². The summed E-state index contributed by atoms with van der Waals surface area (Å²) in [5, 5.41) is 2.37. The number of nitrogens with one attached hydrogen (secondary N) is 1. The van der Waals surface area contributed by atoms with Crippen molar-refractivity contribution in [2.24, 2.45) is 0 Å². The molecule has 2 amide bonds. The van der Waals surface area contributed by atoms with Crippen molar-refractivity contribution in [2.75, 3.05) is 17.4 Å². The predicted octanol–water partition coefficient (Wildman–Crippen LogP) is 6.07. The topological polar surface area (TPSA) is 86.8 Å². The number of aryl methyl sites for hydroxylation is 1. The fourth-order valence-electron chi connectivity index (χ4n) is 3.99. The number of rotatable bonds is 10. The lowest BCUT2D eigenvalue weighted by atomic mass is 10.1. The van der Waals surface area contributed by atoms with Crippen molar-refractivity contribution < 1.29 is 31.2 Å². The second-order valence-corrected chi connectivity index (χ2v) is 11.9. The third-order valence-corrected chi connectivity index (χ3v) is 8.54. The predicted molar refractivity (Wildman–Crippen MR) is 152 cm³/mol. The van der Waals surface area contributed by atoms with Gasteiger partial charge in [-0.1, -0.05) is 53.0 Å². The lowest BCUT2D eigenvalue weighted by molar-refractivity contribution is -0.139. The fourth-order valence-corrected chi connectivity index (χ4v) is 5.83. The van der Waals surface area contributed by atoms with Crippen LogP contribution in [0.4, 0.5) is 18.9 Å². The molecule has 3 rings (SSSR count). The summed E-state index contributed by atoms with van der Waals surface area (Å²) in [7, 11) is -4.56. The van der Waals surface area contributed by atoms with Gasteiger partial charge in [0.25, 0.3) is 10.0 Å². The molecule has 0 heterocycles. The summed E-state index contributed by atoms with van der Waals surface area (Å²) in [6.45, 7) is 4.16. The zero-order valence-corrected chi connectivity index (χ0v) is 24.7. The van der Waals surface area contributed by atoms with Crippen LogP contribution in [0.15, 0.2) is 71.6 Å². The smallest absolute Gasteiger partial charge is 0.355 e. The number of anilines is 1. The van der Waals surface area contributed by atoms with E-state index < -0.39 is 56.9 Å². The molecule has 3 aromatic rings. The molecule has 0 aromatic heterocycles. The molecular formula is C28H28Cl2F3N3O4S. The van der Waals surface area contributed by atoms with E-state index in [4.69, 9.17) is 23.2 Å². The van der Waals surface area contributed by atoms with Gasteiger partial charge in [0.1, 0.15) is 12.6 Å². The maximum atomic E-state index is 13.8. The minimum Gasteiger partial charge on any atom is -0.355 e. The van der Waals surface area contributed by atoms with Gasteiger partial charge in [0.2, 0.25) is 11.8 Å². The molecule has 0 bridgehead atoms. The number of carbonyl (C=O) groups excluding carboxylic acids is 2. The third kappa shape index (κ3) is 7.93. The first-order valence-corrected chi connectivity index (χ1v) is 14.6. The van der Waals surface area contributed by atoms with Gasteiger partial charge in [-0.25, -0.2) is 8.42 Å². The number of carbonyl (C=O) groups is 2. The zero-order valence-electron chi connectivity index (χ0n) is 22.4. The second kappa shape index (κ2) is 13.1. The van der Waals surface area contributed by atoms with Gasteiger partial charge in [-0.05, 0) is 68.8 Å². The Kier molecular flexibility index (Phi) is 10.3. The number of alkyl halides is 3. The molecule has 0 saturated heterocycles. The van der Waals surface area contributed by atoms with Crippen LogP contribution in [0.5, 0.6) is 0 Å². The molecule has 13 heteroatoms. The first-order valence-electron chi connectivity index (χ1n) is 12.4. The van der Waals surface area contributed by atoms with Crippen LogP contribution < -0.4 is 9.62 Å². The highest BCUT2D eigenvalue weighted by atomic mass is 35.5. The molecule has 0 spiro atoms. The highest BCUT2D eigenvalue weighted by Crippen LogP contribution is 2.38. The fraction of sp³-hybridized carbons (Fsp3) is 0.286. The van der Waals surface area contributed by atoms with Crippen LogP contribution in [0.1, 0.15) is 30.5 Å². The van der Waals surface area contributed by atoms with Crippen molar-refractivity contribution in [3.05, 3.63) is 93.5 Å². The van der Waals surface area contributed by atoms with Gasteiger partial charge >= 0.3 is 6.18 Å². The highest BCUT2D eigenvalue weighted by Gasteiger charge is 2.37. The molecule has 1 atom stereocenters. The van der Waals surface area contributed by atoms with E-state index in [1.54, 1.807) is 38.1 Å². The third-order valence-electron chi connectivity index (χ3n) is 6.19. The Balaban J connectivity index is 2.13. The van der Waals surface area contributed by atoms with Gasteiger partial charge in [0.15, 0.2) is 0 Å². The SMILES string of the molecule is CCNC(=O)[C@@H](C)N(Cc1cccc(Cl)c1)C(=O)CN(c1ccc(Cl)c(C(F)(F)F)c1)S(=O)(=O)c1ccc(C)cc1. The van der Waals surface area contributed by atoms with Gasteiger partial charge in [-0.3, -0.25) is 13.9 Å². The summed E-state index contributed by atoms with van der Waals surface area (Å²) in [5.41, 5.74) is -0.384. The van der Waals surface area contributed by atoms with Crippen LogP contribution in [0.2, 0.25) is 10.0 Å². The van der Waals surface area contributed by atoms with Crippen molar-refractivity contribution in [1.29, 1.82) is 0 Å². The maximum absolute atomic E-state index is 13.8. The van der Waals surface area contributed by atoms with E-state index in [9.17, 15) is 31.2 Å². The molecule has 0 radical (unpaired) electrons. The number of hydrogen-bond donors (Lipinski definition) is 1. The number of nitrogens with zero attached hydrogens (tertiary/aromatic N) is 2. The van der Waals surface area contributed by atoms with Crippen molar-refractivity contribution in [1.82, 2.24) is 10.2 Å². The van der Waals surface area contributed by atoms with Crippen molar-refractivity contribution in [3.63, 3.8) is 0 Å². The normalized spacial score (nSPS) is 12.5. The standard InChI is InChI=1S/C28H28Cl2F3N3O4S/c1-4-34-27(38)19(3)35(16-20-6-5-7-21(29)14-20)26(37)17-36(41(39,40)23-11-8-18(2)9-12-23)22-10-13-25(30)24(15-22)28(31,32)33/h5-15,19H,4,16-17H2,1-3H3,(H,34,38)/t19-/m1/s1. The summed E-state index contributed by atoms with van der Waals surface area (Å²) in [6.07, 6.45) is -4.89. The van der Waals surface area contributed by atoms with Gasteiger partial charge in [-0.15, -0.1) is 0 Å². The number of hydrogen-bond acceptors (Lipinski definition) is 4. The molecule has 0 aliphatic carbocycles. The lowest BCUT2D eigenvalue weighted by Crippen LogP contribution is -2.51. The molecule has 0 aliphatic heterocycles. The average molecular weight is 631 g/mol. The Hall–Kier alpha value is -3.28. The Morgan fingerprint density at radius 2 is 1.66 bits per heavy atom. The molecule has 3 aromatic carbocycles. The van der Waals surface area contributed by atoms with E-state index in [1.165, 1.54) is 31.2 Å².